The summed E-state index contributed by atoms with van der Waals surface area (Å²) in [6.07, 6.45) is -0.388. The van der Waals surface area contributed by atoms with Gasteiger partial charge in [-0.05, 0) is 85.9 Å². The van der Waals surface area contributed by atoms with E-state index >= 15 is 0 Å². The van der Waals surface area contributed by atoms with E-state index in [0.29, 0.717) is 5.84 Å². The maximum absolute atomic E-state index is 6.64. The third kappa shape index (κ3) is 4.81. The maximum atomic E-state index is 6.64. The molecule has 0 fully saturated rings. The molecule has 11 aromatic rings. The lowest BCUT2D eigenvalue weighted by Gasteiger charge is -2.23. The summed E-state index contributed by atoms with van der Waals surface area (Å²) < 4.78 is 12.9. The fraction of sp³-hybridized carbons (Fsp3) is 0.0196. The number of benzene rings is 9. The lowest BCUT2D eigenvalue weighted by Crippen LogP contribution is -2.33. The summed E-state index contributed by atoms with van der Waals surface area (Å²) in [4.78, 5) is 10.2. The Morgan fingerprint density at radius 1 is 0.357 bits per heavy atom. The van der Waals surface area contributed by atoms with E-state index in [1.165, 1.54) is 32.3 Å². The van der Waals surface area contributed by atoms with Gasteiger partial charge in [0.1, 0.15) is 34.3 Å². The Labute approximate surface area is 320 Å². The van der Waals surface area contributed by atoms with Crippen molar-refractivity contribution in [2.45, 2.75) is 6.17 Å². The van der Waals surface area contributed by atoms with Crippen LogP contribution in [-0.4, -0.2) is 11.7 Å². The molecule has 5 nitrogen and oxygen atoms in total. The first-order valence-corrected chi connectivity index (χ1v) is 18.9. The number of amidine groups is 2. The number of rotatable bonds is 4. The summed E-state index contributed by atoms with van der Waals surface area (Å²) in [5, 5.41) is 15.6. The first-order valence-electron chi connectivity index (χ1n) is 18.9. The number of fused-ring (bicyclic) bond motifs is 12. The first kappa shape index (κ1) is 30.9. The Bertz CT molecular complexity index is 3430. The number of hydrogen-bond acceptors (Lipinski definition) is 5. The van der Waals surface area contributed by atoms with Gasteiger partial charge in [0.2, 0.25) is 0 Å². The van der Waals surface area contributed by atoms with Gasteiger partial charge in [0.15, 0.2) is 5.84 Å². The largest absolute Gasteiger partial charge is 0.456 e. The Kier molecular flexibility index (Phi) is 6.63. The second-order valence-corrected chi connectivity index (χ2v) is 14.6. The molecule has 9 aromatic carbocycles. The van der Waals surface area contributed by atoms with Crippen LogP contribution >= 0.6 is 0 Å². The van der Waals surface area contributed by atoms with Crippen LogP contribution in [0.2, 0.25) is 0 Å². The monoisotopic (exact) mass is 717 g/mol. The highest BCUT2D eigenvalue weighted by Gasteiger charge is 2.23. The summed E-state index contributed by atoms with van der Waals surface area (Å²) in [5.74, 6) is 1.40. The zero-order valence-electron chi connectivity index (χ0n) is 30.0. The molecule has 1 unspecified atom stereocenters. The Morgan fingerprint density at radius 3 is 1.55 bits per heavy atom. The van der Waals surface area contributed by atoms with Crippen molar-refractivity contribution in [3.63, 3.8) is 0 Å². The molecule has 0 aliphatic carbocycles. The van der Waals surface area contributed by atoms with E-state index in [4.69, 9.17) is 18.8 Å². The van der Waals surface area contributed by atoms with Crippen molar-refractivity contribution in [1.82, 2.24) is 5.32 Å². The summed E-state index contributed by atoms with van der Waals surface area (Å²) in [6, 6.07) is 61.7. The SMILES string of the molecule is c1ccc(C2=NC(c3ccc4c(c3)oc3cc(-c5ccc6c7ccccc7c7ccccc7c6c5)ccc34)NC(c3ccc4c(c3)oc3ccccc34)=N2)cc1. The normalized spacial score (nSPS) is 14.6. The number of aliphatic imine (C=N–C) groups is 2. The van der Waals surface area contributed by atoms with Gasteiger partial charge in [-0.25, -0.2) is 9.98 Å². The highest BCUT2D eigenvalue weighted by atomic mass is 16.3. The van der Waals surface area contributed by atoms with Crippen molar-refractivity contribution >= 4 is 87.9 Å². The molecule has 2 aromatic heterocycles. The smallest absolute Gasteiger partial charge is 0.159 e. The van der Waals surface area contributed by atoms with Crippen LogP contribution in [0.4, 0.5) is 0 Å². The average molecular weight is 718 g/mol. The molecule has 0 amide bonds. The lowest BCUT2D eigenvalue weighted by molar-refractivity contribution is 0.654. The second kappa shape index (κ2) is 12.0. The van der Waals surface area contributed by atoms with E-state index in [1.807, 2.05) is 48.5 Å². The third-order valence-electron chi connectivity index (χ3n) is 11.3. The fourth-order valence-electron chi connectivity index (χ4n) is 8.59. The predicted octanol–water partition coefficient (Wildman–Crippen LogP) is 13.1. The molecule has 0 spiro atoms. The van der Waals surface area contributed by atoms with Crippen molar-refractivity contribution in [2.75, 3.05) is 0 Å². The Balaban J connectivity index is 0.933. The third-order valence-corrected chi connectivity index (χ3v) is 11.3. The van der Waals surface area contributed by atoms with Crippen LogP contribution in [0, 0.1) is 0 Å². The van der Waals surface area contributed by atoms with Gasteiger partial charge >= 0.3 is 0 Å². The minimum atomic E-state index is -0.388. The molecule has 262 valence electrons. The number of hydrogen-bond donors (Lipinski definition) is 1. The molecular weight excluding hydrogens is 687 g/mol. The highest BCUT2D eigenvalue weighted by molar-refractivity contribution is 6.26. The van der Waals surface area contributed by atoms with Gasteiger partial charge in [-0.1, -0.05) is 133 Å². The molecule has 0 saturated heterocycles. The summed E-state index contributed by atoms with van der Waals surface area (Å²) in [6.45, 7) is 0. The van der Waals surface area contributed by atoms with Gasteiger partial charge in [0, 0.05) is 38.2 Å². The van der Waals surface area contributed by atoms with Crippen molar-refractivity contribution in [1.29, 1.82) is 0 Å². The molecule has 3 heterocycles. The first-order chi connectivity index (χ1) is 27.7. The minimum absolute atomic E-state index is 0.388. The maximum Gasteiger partial charge on any atom is 0.159 e. The number of nitrogens with zero attached hydrogens (tertiary/aromatic N) is 2. The molecule has 0 radical (unpaired) electrons. The quantitative estimate of drug-likeness (QED) is 0.184. The van der Waals surface area contributed by atoms with E-state index in [9.17, 15) is 0 Å². The van der Waals surface area contributed by atoms with Crippen LogP contribution in [0.3, 0.4) is 0 Å². The van der Waals surface area contributed by atoms with E-state index in [1.54, 1.807) is 0 Å². The van der Waals surface area contributed by atoms with Gasteiger partial charge in [-0.15, -0.1) is 0 Å². The standard InChI is InChI=1S/C51H31N3O2/c1-2-10-30(11-3-1)49-52-50(33-20-24-41-40-16-8-9-17-45(40)55-47(41)28-33)54-51(53-49)34-21-25-43-42-23-19-32(27-46(42)56-48(43)29-34)31-18-22-39-37-14-5-4-12-35(37)36-13-6-7-15-38(36)44(39)26-31/h1-29,51H,(H,52,53,54). The van der Waals surface area contributed by atoms with Crippen LogP contribution in [-0.2, 0) is 0 Å². The van der Waals surface area contributed by atoms with Gasteiger partial charge in [0.25, 0.3) is 0 Å². The van der Waals surface area contributed by atoms with Crippen molar-refractivity contribution in [3.8, 4) is 11.1 Å². The summed E-state index contributed by atoms with van der Waals surface area (Å²) in [5.41, 5.74) is 8.49. The molecule has 12 rings (SSSR count). The zero-order valence-corrected chi connectivity index (χ0v) is 30.0. The molecule has 1 N–H and O–H groups in total. The second-order valence-electron chi connectivity index (χ2n) is 14.6. The average Bonchev–Trinajstić information content (AvgIpc) is 3.83. The van der Waals surface area contributed by atoms with E-state index in [-0.39, 0.29) is 6.17 Å². The van der Waals surface area contributed by atoms with E-state index in [0.717, 1.165) is 77.5 Å². The van der Waals surface area contributed by atoms with Crippen LogP contribution in [0.15, 0.2) is 195 Å². The van der Waals surface area contributed by atoms with Crippen LogP contribution < -0.4 is 5.32 Å². The molecule has 1 aliphatic heterocycles. The van der Waals surface area contributed by atoms with Crippen LogP contribution in [0.25, 0.3) is 87.3 Å². The van der Waals surface area contributed by atoms with Gasteiger partial charge < -0.3 is 14.2 Å². The predicted molar refractivity (Wildman–Crippen MR) is 231 cm³/mol. The molecule has 0 bridgehead atoms. The van der Waals surface area contributed by atoms with Crippen LogP contribution in [0.5, 0.6) is 0 Å². The van der Waals surface area contributed by atoms with E-state index in [2.05, 4.69) is 133 Å². The molecule has 5 heteroatoms. The van der Waals surface area contributed by atoms with Crippen molar-refractivity contribution in [3.05, 3.63) is 193 Å². The van der Waals surface area contributed by atoms with E-state index < -0.39 is 0 Å². The minimum Gasteiger partial charge on any atom is -0.456 e. The Hall–Kier alpha value is -7.50. The number of furan rings is 2. The molecule has 56 heavy (non-hydrogen) atoms. The van der Waals surface area contributed by atoms with Gasteiger partial charge in [0.05, 0.1) is 0 Å². The summed E-state index contributed by atoms with van der Waals surface area (Å²) in [7, 11) is 0. The highest BCUT2D eigenvalue weighted by Crippen LogP contribution is 2.39. The number of para-hydroxylation sites is 1. The summed E-state index contributed by atoms with van der Waals surface area (Å²) >= 11 is 0. The van der Waals surface area contributed by atoms with Crippen molar-refractivity contribution < 1.29 is 8.83 Å². The number of nitrogens with one attached hydrogen (secondary N) is 1. The fourth-order valence-corrected chi connectivity index (χ4v) is 8.59. The molecule has 1 aliphatic rings. The van der Waals surface area contributed by atoms with Crippen LogP contribution in [0.1, 0.15) is 22.9 Å². The van der Waals surface area contributed by atoms with Gasteiger partial charge in [-0.2, -0.15) is 0 Å². The van der Waals surface area contributed by atoms with Gasteiger partial charge in [-0.3, -0.25) is 0 Å². The van der Waals surface area contributed by atoms with Crippen molar-refractivity contribution in [2.24, 2.45) is 9.98 Å². The Morgan fingerprint density at radius 2 is 0.839 bits per heavy atom. The molecular formula is C51H31N3O2. The molecule has 0 saturated carbocycles. The topological polar surface area (TPSA) is 63.0 Å². The molecule has 1 atom stereocenters. The zero-order chi connectivity index (χ0) is 36.7. The lowest BCUT2D eigenvalue weighted by atomic mass is 9.92.